The largest absolute Gasteiger partial charge is 0.465 e. The highest BCUT2D eigenvalue weighted by Crippen LogP contribution is 2.48. The maximum Gasteiger partial charge on any atom is 0.407 e. The molecule has 0 radical (unpaired) electrons. The van der Waals surface area contributed by atoms with Crippen LogP contribution in [0.15, 0.2) is 18.2 Å². The number of amides is 1. The Hall–Kier alpha value is -1.71. The van der Waals surface area contributed by atoms with Crippen LogP contribution in [-0.4, -0.2) is 41.8 Å². The van der Waals surface area contributed by atoms with Crippen molar-refractivity contribution in [3.63, 3.8) is 0 Å². The molecular weight excluding hydrogens is 228 g/mol. The summed E-state index contributed by atoms with van der Waals surface area (Å²) < 4.78 is 0. The lowest BCUT2D eigenvalue weighted by Gasteiger charge is -2.37. The molecule has 0 aliphatic carbocycles. The fourth-order valence-electron chi connectivity index (χ4n) is 3.94. The minimum absolute atomic E-state index is 0.380. The van der Waals surface area contributed by atoms with E-state index in [1.165, 1.54) is 16.8 Å². The normalized spacial score (nSPS) is 28.2. The van der Waals surface area contributed by atoms with Crippen molar-refractivity contribution in [3.05, 3.63) is 29.3 Å². The van der Waals surface area contributed by atoms with Crippen LogP contribution in [0.2, 0.25) is 0 Å². The lowest BCUT2D eigenvalue weighted by atomic mass is 9.88. The maximum atomic E-state index is 11.1. The highest BCUT2D eigenvalue weighted by Gasteiger charge is 2.45. The third kappa shape index (κ3) is 1.18. The number of hydrogen-bond donors (Lipinski definition) is 1. The zero-order chi connectivity index (χ0) is 12.3. The van der Waals surface area contributed by atoms with E-state index in [0.717, 1.165) is 19.4 Å². The summed E-state index contributed by atoms with van der Waals surface area (Å²) in [5.74, 6) is 0.380. The van der Waals surface area contributed by atoms with E-state index < -0.39 is 6.09 Å². The summed E-state index contributed by atoms with van der Waals surface area (Å²) in [7, 11) is 0. The predicted octanol–water partition coefficient (Wildman–Crippen LogP) is 1.90. The second-order valence-electron chi connectivity index (χ2n) is 5.49. The van der Waals surface area contributed by atoms with Crippen LogP contribution in [0.5, 0.6) is 0 Å². The first kappa shape index (κ1) is 10.2. The second-order valence-corrected chi connectivity index (χ2v) is 5.49. The molecule has 0 aromatic heterocycles. The van der Waals surface area contributed by atoms with Crippen LogP contribution in [0.3, 0.4) is 0 Å². The Morgan fingerprint density at radius 3 is 3.06 bits per heavy atom. The molecule has 0 spiro atoms. The number of piperidine rings is 1. The number of rotatable bonds is 0. The molecule has 2 atom stereocenters. The van der Waals surface area contributed by atoms with Crippen LogP contribution in [0.25, 0.3) is 0 Å². The number of likely N-dealkylation sites (tertiary alicyclic amines) is 1. The molecule has 1 fully saturated rings. The van der Waals surface area contributed by atoms with Crippen molar-refractivity contribution in [1.82, 2.24) is 4.90 Å². The van der Waals surface area contributed by atoms with Crippen LogP contribution in [-0.2, 0) is 6.42 Å². The molecule has 4 nitrogen and oxygen atoms in total. The van der Waals surface area contributed by atoms with Crippen molar-refractivity contribution in [1.29, 1.82) is 0 Å². The molecule has 3 heterocycles. The lowest BCUT2D eigenvalue weighted by molar-refractivity contribution is 0.127. The predicted molar refractivity (Wildman–Crippen MR) is 68.2 cm³/mol. The molecule has 0 unspecified atom stereocenters. The Bertz CT molecular complexity index is 529. The molecule has 94 valence electrons. The van der Waals surface area contributed by atoms with Crippen LogP contribution < -0.4 is 4.90 Å². The number of carbonyl (C=O) groups is 1. The summed E-state index contributed by atoms with van der Waals surface area (Å²) in [6.45, 7) is 2.45. The maximum absolute atomic E-state index is 11.1. The first-order valence-corrected chi connectivity index (χ1v) is 6.62. The van der Waals surface area contributed by atoms with Crippen LogP contribution >= 0.6 is 0 Å². The van der Waals surface area contributed by atoms with Gasteiger partial charge in [-0.25, -0.2) is 4.79 Å². The van der Waals surface area contributed by atoms with Gasteiger partial charge in [0.1, 0.15) is 0 Å². The molecule has 1 saturated heterocycles. The molecule has 1 aromatic carbocycles. The Morgan fingerprint density at radius 2 is 2.22 bits per heavy atom. The summed E-state index contributed by atoms with van der Waals surface area (Å²) in [6.07, 6.45) is 1.33. The van der Waals surface area contributed by atoms with Crippen molar-refractivity contribution in [2.75, 3.05) is 24.5 Å². The number of hydrogen-bond acceptors (Lipinski definition) is 2. The van der Waals surface area contributed by atoms with E-state index in [4.69, 9.17) is 5.11 Å². The van der Waals surface area contributed by atoms with Gasteiger partial charge in [-0.1, -0.05) is 18.2 Å². The standard InChI is InChI=1S/C14H16N2O2/c17-14(18)15-6-5-12-11(8-15)10-3-1-2-9-4-7-16(12)13(9)10/h1-3,11-12H,4-8H2,(H,17,18)/t11-,12-/m0/s1. The van der Waals surface area contributed by atoms with Crippen LogP contribution in [0.1, 0.15) is 23.5 Å². The number of carboxylic acid groups (broad SMARTS) is 1. The van der Waals surface area contributed by atoms with E-state index in [2.05, 4.69) is 23.1 Å². The van der Waals surface area contributed by atoms with E-state index in [9.17, 15) is 4.79 Å². The van der Waals surface area contributed by atoms with Gasteiger partial charge < -0.3 is 14.9 Å². The summed E-state index contributed by atoms with van der Waals surface area (Å²) >= 11 is 0. The zero-order valence-corrected chi connectivity index (χ0v) is 10.2. The second kappa shape index (κ2) is 3.40. The van der Waals surface area contributed by atoms with Gasteiger partial charge in [-0.15, -0.1) is 0 Å². The van der Waals surface area contributed by atoms with Gasteiger partial charge in [0.25, 0.3) is 0 Å². The molecule has 0 bridgehead atoms. The van der Waals surface area contributed by atoms with Gasteiger partial charge in [-0.2, -0.15) is 0 Å². The van der Waals surface area contributed by atoms with Crippen molar-refractivity contribution < 1.29 is 9.90 Å². The summed E-state index contributed by atoms with van der Waals surface area (Å²) in [6, 6.07) is 7.05. The van der Waals surface area contributed by atoms with Crippen molar-refractivity contribution in [2.45, 2.75) is 24.8 Å². The highest BCUT2D eigenvalue weighted by molar-refractivity contribution is 5.71. The van der Waals surface area contributed by atoms with Gasteiger partial charge in [0.15, 0.2) is 0 Å². The van der Waals surface area contributed by atoms with Gasteiger partial charge in [-0.05, 0) is 24.0 Å². The fraction of sp³-hybridized carbons (Fsp3) is 0.500. The van der Waals surface area contributed by atoms with E-state index in [-0.39, 0.29) is 0 Å². The molecule has 3 aliphatic heterocycles. The summed E-state index contributed by atoms with van der Waals surface area (Å²) in [5, 5.41) is 9.15. The van der Waals surface area contributed by atoms with Gasteiger partial charge in [0.05, 0.1) is 0 Å². The van der Waals surface area contributed by atoms with E-state index >= 15 is 0 Å². The minimum atomic E-state index is -0.776. The average molecular weight is 244 g/mol. The number of para-hydroxylation sites is 1. The molecule has 1 N–H and O–H groups in total. The zero-order valence-electron chi connectivity index (χ0n) is 10.2. The Kier molecular flexibility index (Phi) is 1.93. The fourth-order valence-corrected chi connectivity index (χ4v) is 3.94. The van der Waals surface area contributed by atoms with Crippen molar-refractivity contribution >= 4 is 11.8 Å². The third-order valence-electron chi connectivity index (χ3n) is 4.71. The van der Waals surface area contributed by atoms with Crippen molar-refractivity contribution in [2.24, 2.45) is 0 Å². The minimum Gasteiger partial charge on any atom is -0.465 e. The first-order valence-electron chi connectivity index (χ1n) is 6.62. The number of benzene rings is 1. The molecular formula is C14H16N2O2. The Balaban J connectivity index is 1.76. The average Bonchev–Trinajstić information content (AvgIpc) is 2.94. The highest BCUT2D eigenvalue weighted by atomic mass is 16.4. The molecule has 18 heavy (non-hydrogen) atoms. The molecule has 4 rings (SSSR count). The van der Waals surface area contributed by atoms with Gasteiger partial charge in [-0.3, -0.25) is 0 Å². The van der Waals surface area contributed by atoms with Crippen LogP contribution in [0.4, 0.5) is 10.5 Å². The topological polar surface area (TPSA) is 43.8 Å². The van der Waals surface area contributed by atoms with Crippen molar-refractivity contribution in [3.8, 4) is 0 Å². The van der Waals surface area contributed by atoms with Gasteiger partial charge >= 0.3 is 6.09 Å². The van der Waals surface area contributed by atoms with Gasteiger partial charge in [0.2, 0.25) is 0 Å². The Labute approximate surface area is 106 Å². The molecule has 1 amide bonds. The smallest absolute Gasteiger partial charge is 0.407 e. The monoisotopic (exact) mass is 244 g/mol. The number of anilines is 1. The van der Waals surface area contributed by atoms with E-state index in [1.54, 1.807) is 4.90 Å². The van der Waals surface area contributed by atoms with Gasteiger partial charge in [0, 0.05) is 37.3 Å². The van der Waals surface area contributed by atoms with E-state index in [0.29, 0.717) is 25.0 Å². The summed E-state index contributed by atoms with van der Waals surface area (Å²) in [4.78, 5) is 15.2. The summed E-state index contributed by atoms with van der Waals surface area (Å²) in [5.41, 5.74) is 4.24. The quantitative estimate of drug-likeness (QED) is 0.758. The number of nitrogens with zero attached hydrogens (tertiary/aromatic N) is 2. The third-order valence-corrected chi connectivity index (χ3v) is 4.71. The molecule has 0 saturated carbocycles. The first-order chi connectivity index (χ1) is 8.75. The lowest BCUT2D eigenvalue weighted by Crippen LogP contribution is -2.47. The Morgan fingerprint density at radius 1 is 1.33 bits per heavy atom. The van der Waals surface area contributed by atoms with E-state index in [1.807, 2.05) is 0 Å². The SMILES string of the molecule is O=C(O)N1CC[C@H]2[C@@H](C1)c1cccc3c1N2CC3. The molecule has 4 heteroatoms. The van der Waals surface area contributed by atoms with Crippen LogP contribution in [0, 0.1) is 0 Å². The molecule has 3 aliphatic rings. The number of fused-ring (bicyclic) bond motifs is 3. The molecule has 1 aromatic rings.